The smallest absolute Gasteiger partial charge is 0.276 e. The number of allylic oxidation sites excluding steroid dienone is 2. The molecular weight excluding hydrogens is 667 g/mol. The van der Waals surface area contributed by atoms with Gasteiger partial charge in [-0.05, 0) is 79.6 Å². The van der Waals surface area contributed by atoms with Gasteiger partial charge in [-0.2, -0.15) is 17.5 Å². The summed E-state index contributed by atoms with van der Waals surface area (Å²) >= 11 is 3.51. The number of hydrogen-bond acceptors (Lipinski definition) is 4. The van der Waals surface area contributed by atoms with E-state index in [4.69, 9.17) is 0 Å². The number of thiazole rings is 1. The van der Waals surface area contributed by atoms with Crippen molar-refractivity contribution in [2.45, 2.75) is 76.7 Å². The minimum Gasteiger partial charge on any atom is -0.276 e. The lowest BCUT2D eigenvalue weighted by Gasteiger charge is -2.62. The summed E-state index contributed by atoms with van der Waals surface area (Å²) in [6, 6.07) is 25.7. The predicted octanol–water partition coefficient (Wildman–Crippen LogP) is 9.87. The molecule has 9 heteroatoms. The Bertz CT molecular complexity index is 2240. The number of nitrogens with zero attached hydrogens (tertiary/aromatic N) is 3. The number of quaternary nitrogens is 2. The minimum atomic E-state index is -4.55. The summed E-state index contributed by atoms with van der Waals surface area (Å²) in [6.07, 6.45) is 7.97. The van der Waals surface area contributed by atoms with Crippen LogP contribution in [0, 0.1) is 0 Å². The topological polar surface area (TPSA) is 58.2 Å². The molecule has 0 amide bonds. The fraction of sp³-hybridized carbons (Fsp3) is 0.375. The van der Waals surface area contributed by atoms with Gasteiger partial charge in [0.15, 0.2) is 17.3 Å². The molecule has 256 valence electrons. The molecule has 1 saturated heterocycles. The van der Waals surface area contributed by atoms with Crippen molar-refractivity contribution < 1.29 is 22.0 Å². The Labute approximate surface area is 299 Å². The second-order valence-corrected chi connectivity index (χ2v) is 17.2. The lowest BCUT2D eigenvalue weighted by molar-refractivity contribution is -0.973. The van der Waals surface area contributed by atoms with E-state index in [2.05, 4.69) is 112 Å². The molecule has 6 nitrogen and oxygen atoms in total. The maximum Gasteiger partial charge on any atom is 0.378 e. The third-order valence-electron chi connectivity index (χ3n) is 11.6. The molecule has 2 unspecified atom stereocenters. The number of unbranched alkanes of at least 4 members (excludes halogenated alkanes) is 1. The number of aryl methyl sites for hydroxylation is 1. The van der Waals surface area contributed by atoms with E-state index in [0.29, 0.717) is 32.6 Å². The van der Waals surface area contributed by atoms with Crippen molar-refractivity contribution in [1.29, 1.82) is 0 Å². The van der Waals surface area contributed by atoms with Gasteiger partial charge in [0.05, 0.1) is 29.9 Å². The maximum absolute atomic E-state index is 14.2. The van der Waals surface area contributed by atoms with E-state index >= 15 is 0 Å². The van der Waals surface area contributed by atoms with Gasteiger partial charge in [-0.25, -0.2) is 0 Å². The molecule has 2 aliphatic heterocycles. The highest BCUT2D eigenvalue weighted by atomic mass is 32.2. The highest BCUT2D eigenvalue weighted by Crippen LogP contribution is 2.66. The van der Waals surface area contributed by atoms with Crippen molar-refractivity contribution in [3.63, 3.8) is 0 Å². The molecule has 1 spiro atoms. The highest BCUT2D eigenvalue weighted by Gasteiger charge is 2.82. The first-order valence-electron chi connectivity index (χ1n) is 17.8. The quantitative estimate of drug-likeness (QED) is 0.0841. The third kappa shape index (κ3) is 4.91. The van der Waals surface area contributed by atoms with Gasteiger partial charge in [-0.3, -0.25) is 9.04 Å². The van der Waals surface area contributed by atoms with Crippen LogP contribution in [0.5, 0.6) is 0 Å². The summed E-state index contributed by atoms with van der Waals surface area (Å²) in [6.45, 7) is 14.0. The zero-order valence-electron chi connectivity index (χ0n) is 29.3. The number of aromatic nitrogens is 1. The molecule has 0 bridgehead atoms. The fourth-order valence-corrected chi connectivity index (χ4v) is 13.5. The molecule has 2 aliphatic rings. The molecule has 1 fully saturated rings. The molecule has 5 aromatic rings. The molecule has 0 aliphatic carbocycles. The van der Waals surface area contributed by atoms with Crippen LogP contribution in [0.1, 0.15) is 65.3 Å². The summed E-state index contributed by atoms with van der Waals surface area (Å²) in [5, 5.41) is 6.84. The van der Waals surface area contributed by atoms with E-state index in [1.165, 1.54) is 26.0 Å². The van der Waals surface area contributed by atoms with Crippen LogP contribution in [0.4, 0.5) is 5.69 Å². The van der Waals surface area contributed by atoms with Crippen LogP contribution in [0.2, 0.25) is 0 Å². The van der Waals surface area contributed by atoms with Gasteiger partial charge >= 0.3 is 15.1 Å². The SMILES string of the molecule is CCCC[n+]1c(C=C(C=C2Sc3ccc4ccccc4c3[N+]23CCC3([N+](CC)(CC)CC)S(=O)(=O)O)CC)sc2ccc3ccccc3c21. The summed E-state index contributed by atoms with van der Waals surface area (Å²) in [4.78, 5) is -0.378. The monoisotopic (exact) mass is 714 g/mol. The summed E-state index contributed by atoms with van der Waals surface area (Å²) in [5.41, 5.74) is 3.45. The largest absolute Gasteiger partial charge is 0.378 e. The second-order valence-electron chi connectivity index (χ2n) is 13.5. The Morgan fingerprint density at radius 1 is 0.918 bits per heavy atom. The van der Waals surface area contributed by atoms with Crippen LogP contribution >= 0.6 is 23.1 Å². The average Bonchev–Trinajstić information content (AvgIpc) is 3.64. The number of benzene rings is 4. The van der Waals surface area contributed by atoms with Gasteiger partial charge < -0.3 is 0 Å². The maximum atomic E-state index is 14.2. The fourth-order valence-electron chi connectivity index (χ4n) is 8.91. The summed E-state index contributed by atoms with van der Waals surface area (Å²) in [7, 11) is -4.55. The first-order chi connectivity index (χ1) is 23.6. The molecular formula is C40H48N3O3S3+3. The molecule has 4 aromatic carbocycles. The number of fused-ring (bicyclic) bond motifs is 7. The molecule has 0 saturated carbocycles. The minimum absolute atomic E-state index is 0.132. The molecule has 1 N–H and O–H groups in total. The van der Waals surface area contributed by atoms with Crippen LogP contribution in [-0.4, -0.2) is 48.6 Å². The van der Waals surface area contributed by atoms with E-state index in [1.807, 2.05) is 23.5 Å². The summed E-state index contributed by atoms with van der Waals surface area (Å²) in [5.74, 6) is 0. The molecule has 49 heavy (non-hydrogen) atoms. The van der Waals surface area contributed by atoms with Crippen molar-refractivity contribution in [1.82, 2.24) is 4.48 Å². The molecule has 3 heterocycles. The number of rotatable bonds is 11. The van der Waals surface area contributed by atoms with Crippen LogP contribution in [0.25, 0.3) is 37.8 Å². The van der Waals surface area contributed by atoms with Gasteiger partial charge in [0.1, 0.15) is 17.7 Å². The van der Waals surface area contributed by atoms with Crippen molar-refractivity contribution in [2.75, 3.05) is 26.2 Å². The first kappa shape index (κ1) is 34.4. The molecule has 1 aromatic heterocycles. The standard InChI is InChI=1S/C40H47N3O3S3/c1-6-11-25-41-36(47-34-22-20-30-16-12-14-18-32(30)38(34)41)27-29(7-2)28-37-43(39-33-19-15-13-17-31(33)21-23-35(39)48-37)26-24-40(43,49(44,45)46)42(8-3,9-4)10-5/h12-23,27-28H,6-11,24-26H2,1-5H3/q+2/p+1. The van der Waals surface area contributed by atoms with Crippen molar-refractivity contribution in [3.8, 4) is 0 Å². The van der Waals surface area contributed by atoms with Gasteiger partial charge in [0, 0.05) is 24.0 Å². The average molecular weight is 715 g/mol. The summed E-state index contributed by atoms with van der Waals surface area (Å²) < 4.78 is 44.1. The van der Waals surface area contributed by atoms with Crippen LogP contribution < -0.4 is 9.05 Å². The predicted molar refractivity (Wildman–Crippen MR) is 208 cm³/mol. The number of thioether (sulfide) groups is 1. The number of hydrogen-bond donors (Lipinski definition) is 1. The van der Waals surface area contributed by atoms with Crippen LogP contribution in [0.3, 0.4) is 0 Å². The Morgan fingerprint density at radius 3 is 2.18 bits per heavy atom. The first-order valence-corrected chi connectivity index (χ1v) is 20.9. The van der Waals surface area contributed by atoms with Gasteiger partial charge in [0.2, 0.25) is 5.52 Å². The Kier molecular flexibility index (Phi) is 9.08. The third-order valence-corrected chi connectivity index (χ3v) is 15.6. The van der Waals surface area contributed by atoms with Gasteiger partial charge in [0.25, 0.3) is 5.01 Å². The van der Waals surface area contributed by atoms with E-state index in [1.54, 1.807) is 11.8 Å². The van der Waals surface area contributed by atoms with Crippen molar-refractivity contribution in [3.05, 3.63) is 94.5 Å². The van der Waals surface area contributed by atoms with Crippen molar-refractivity contribution in [2.24, 2.45) is 0 Å². The van der Waals surface area contributed by atoms with E-state index < -0.39 is 15.1 Å². The zero-order valence-corrected chi connectivity index (χ0v) is 31.7. The lowest BCUT2D eigenvalue weighted by Crippen LogP contribution is -2.88. The van der Waals surface area contributed by atoms with E-state index in [9.17, 15) is 13.0 Å². The Morgan fingerprint density at radius 2 is 1.57 bits per heavy atom. The molecule has 2 atom stereocenters. The molecule has 7 rings (SSSR count). The molecule has 0 radical (unpaired) electrons. The van der Waals surface area contributed by atoms with Crippen molar-refractivity contribution >= 4 is 76.7 Å². The normalized spacial score (nSPS) is 22.1. The van der Waals surface area contributed by atoms with E-state index in [0.717, 1.165) is 57.8 Å². The van der Waals surface area contributed by atoms with E-state index in [-0.39, 0.29) is 8.97 Å². The zero-order chi connectivity index (χ0) is 34.6. The lowest BCUT2D eigenvalue weighted by atomic mass is 9.94. The Balaban J connectivity index is 1.50. The second kappa shape index (κ2) is 12.9. The van der Waals surface area contributed by atoms with Gasteiger partial charge in [-0.1, -0.05) is 80.1 Å². The van der Waals surface area contributed by atoms with Gasteiger partial charge in [-0.15, -0.1) is 0 Å². The highest BCUT2D eigenvalue weighted by molar-refractivity contribution is 8.03. The van der Waals surface area contributed by atoms with Crippen LogP contribution in [0.15, 0.2) is 94.4 Å². The Hall–Kier alpha value is -3.05. The van der Waals surface area contributed by atoms with Crippen LogP contribution in [-0.2, 0) is 16.7 Å².